The van der Waals surface area contributed by atoms with Gasteiger partial charge in [0.1, 0.15) is 6.61 Å². The first-order valence-electron chi connectivity index (χ1n) is 8.71. The number of rotatable bonds is 11. The molecule has 0 aromatic heterocycles. The van der Waals surface area contributed by atoms with Crippen molar-refractivity contribution in [2.24, 2.45) is 0 Å². The normalized spacial score (nSPS) is 10.8. The molecule has 2 aromatic rings. The standard InChI is InChI=1S/C20H27ClN2O3/c1-15-4-3-5-16(10-15)14-26-20-12-18(21)17(11-19(20)25-2)13-23-7-6-22-8-9-24/h3-5,10-12,22-24H,6-9,13-14H2,1-2H3. The molecular formula is C20H27ClN2O3. The van der Waals surface area contributed by atoms with Crippen LogP contribution in [0.15, 0.2) is 36.4 Å². The summed E-state index contributed by atoms with van der Waals surface area (Å²) in [6, 6.07) is 11.9. The molecule has 0 spiro atoms. The first-order valence-corrected chi connectivity index (χ1v) is 9.09. The van der Waals surface area contributed by atoms with E-state index in [4.69, 9.17) is 26.2 Å². The lowest BCUT2D eigenvalue weighted by Crippen LogP contribution is -2.28. The van der Waals surface area contributed by atoms with Gasteiger partial charge in [-0.25, -0.2) is 0 Å². The Balaban J connectivity index is 1.95. The summed E-state index contributed by atoms with van der Waals surface area (Å²) in [4.78, 5) is 0. The van der Waals surface area contributed by atoms with Gasteiger partial charge in [0.25, 0.3) is 0 Å². The van der Waals surface area contributed by atoms with E-state index in [-0.39, 0.29) is 6.61 Å². The van der Waals surface area contributed by atoms with Crippen molar-refractivity contribution >= 4 is 11.6 Å². The zero-order valence-electron chi connectivity index (χ0n) is 15.3. The quantitative estimate of drug-likeness (QED) is 0.525. The molecule has 2 aromatic carbocycles. The molecule has 0 amide bonds. The van der Waals surface area contributed by atoms with Crippen LogP contribution in [0.3, 0.4) is 0 Å². The second kappa shape index (κ2) is 11.0. The lowest BCUT2D eigenvalue weighted by Gasteiger charge is -2.14. The van der Waals surface area contributed by atoms with Crippen molar-refractivity contribution in [2.45, 2.75) is 20.1 Å². The van der Waals surface area contributed by atoms with E-state index >= 15 is 0 Å². The number of halogens is 1. The van der Waals surface area contributed by atoms with E-state index in [1.54, 1.807) is 13.2 Å². The molecule has 26 heavy (non-hydrogen) atoms. The molecule has 0 aliphatic rings. The zero-order valence-corrected chi connectivity index (χ0v) is 16.1. The first-order chi connectivity index (χ1) is 12.6. The van der Waals surface area contributed by atoms with E-state index in [9.17, 15) is 0 Å². The number of nitrogens with one attached hydrogen (secondary N) is 2. The third-order valence-electron chi connectivity index (χ3n) is 3.89. The summed E-state index contributed by atoms with van der Waals surface area (Å²) in [6.07, 6.45) is 0. The van der Waals surface area contributed by atoms with Crippen LogP contribution in [0.4, 0.5) is 0 Å². The number of aryl methyl sites for hydroxylation is 1. The predicted octanol–water partition coefficient (Wildman–Crippen LogP) is 2.91. The Morgan fingerprint density at radius 1 is 1.04 bits per heavy atom. The smallest absolute Gasteiger partial charge is 0.163 e. The summed E-state index contributed by atoms with van der Waals surface area (Å²) in [5, 5.41) is 15.8. The summed E-state index contributed by atoms with van der Waals surface area (Å²) in [7, 11) is 1.62. The number of hydrogen-bond acceptors (Lipinski definition) is 5. The molecule has 0 atom stereocenters. The molecular weight excluding hydrogens is 352 g/mol. The van der Waals surface area contributed by atoms with Gasteiger partial charge < -0.3 is 25.2 Å². The van der Waals surface area contributed by atoms with Gasteiger partial charge in [-0.2, -0.15) is 0 Å². The minimum atomic E-state index is 0.146. The van der Waals surface area contributed by atoms with Crippen LogP contribution in [0.5, 0.6) is 11.5 Å². The first kappa shape index (κ1) is 20.5. The minimum absolute atomic E-state index is 0.146. The fourth-order valence-electron chi connectivity index (χ4n) is 2.55. The van der Waals surface area contributed by atoms with E-state index < -0.39 is 0 Å². The molecule has 5 nitrogen and oxygen atoms in total. The van der Waals surface area contributed by atoms with E-state index in [1.807, 2.05) is 18.2 Å². The predicted molar refractivity (Wildman–Crippen MR) is 105 cm³/mol. The number of methoxy groups -OCH3 is 1. The van der Waals surface area contributed by atoms with Crippen molar-refractivity contribution in [2.75, 3.05) is 33.4 Å². The molecule has 0 radical (unpaired) electrons. The van der Waals surface area contributed by atoms with Gasteiger partial charge in [0.2, 0.25) is 0 Å². The van der Waals surface area contributed by atoms with Crippen molar-refractivity contribution in [1.29, 1.82) is 0 Å². The minimum Gasteiger partial charge on any atom is -0.493 e. The average molecular weight is 379 g/mol. The highest BCUT2D eigenvalue weighted by Crippen LogP contribution is 2.34. The number of benzene rings is 2. The average Bonchev–Trinajstić information content (AvgIpc) is 2.64. The van der Waals surface area contributed by atoms with Gasteiger partial charge in [0.05, 0.1) is 13.7 Å². The van der Waals surface area contributed by atoms with Crippen LogP contribution in [0.25, 0.3) is 0 Å². The van der Waals surface area contributed by atoms with E-state index in [2.05, 4.69) is 29.7 Å². The van der Waals surface area contributed by atoms with Crippen LogP contribution in [-0.4, -0.2) is 38.5 Å². The fraction of sp³-hybridized carbons (Fsp3) is 0.400. The summed E-state index contributed by atoms with van der Waals surface area (Å²) < 4.78 is 11.4. The maximum atomic E-state index is 8.72. The van der Waals surface area contributed by atoms with E-state index in [0.29, 0.717) is 36.2 Å². The van der Waals surface area contributed by atoms with Gasteiger partial charge in [-0.05, 0) is 24.1 Å². The number of aliphatic hydroxyl groups is 1. The van der Waals surface area contributed by atoms with Gasteiger partial charge in [0.15, 0.2) is 11.5 Å². The van der Waals surface area contributed by atoms with Crippen molar-refractivity contribution in [3.63, 3.8) is 0 Å². The van der Waals surface area contributed by atoms with Gasteiger partial charge >= 0.3 is 0 Å². The van der Waals surface area contributed by atoms with Crippen LogP contribution in [0, 0.1) is 6.92 Å². The molecule has 0 aliphatic heterocycles. The maximum Gasteiger partial charge on any atom is 0.163 e. The molecule has 0 aliphatic carbocycles. The van der Waals surface area contributed by atoms with Gasteiger partial charge in [-0.1, -0.05) is 41.4 Å². The molecule has 0 bridgehead atoms. The van der Waals surface area contributed by atoms with E-state index in [1.165, 1.54) is 5.56 Å². The Morgan fingerprint density at radius 2 is 1.85 bits per heavy atom. The van der Waals surface area contributed by atoms with Crippen LogP contribution >= 0.6 is 11.6 Å². The number of aliphatic hydroxyl groups excluding tert-OH is 1. The molecule has 3 N–H and O–H groups in total. The summed E-state index contributed by atoms with van der Waals surface area (Å²) in [6.45, 7) is 5.46. The van der Waals surface area contributed by atoms with Crippen LogP contribution in [0.2, 0.25) is 5.02 Å². The summed E-state index contributed by atoms with van der Waals surface area (Å²) >= 11 is 6.40. The molecule has 0 heterocycles. The molecule has 142 valence electrons. The topological polar surface area (TPSA) is 62.8 Å². The molecule has 0 fully saturated rings. The monoisotopic (exact) mass is 378 g/mol. The second-order valence-corrected chi connectivity index (χ2v) is 6.43. The highest BCUT2D eigenvalue weighted by molar-refractivity contribution is 6.31. The largest absolute Gasteiger partial charge is 0.493 e. The Hall–Kier alpha value is -1.79. The number of hydrogen-bond donors (Lipinski definition) is 3. The second-order valence-electron chi connectivity index (χ2n) is 6.02. The Kier molecular flexibility index (Phi) is 8.71. The highest BCUT2D eigenvalue weighted by atomic mass is 35.5. The molecule has 0 unspecified atom stereocenters. The van der Waals surface area contributed by atoms with Crippen LogP contribution in [-0.2, 0) is 13.2 Å². The lowest BCUT2D eigenvalue weighted by atomic mass is 10.1. The van der Waals surface area contributed by atoms with Gasteiger partial charge in [-0.3, -0.25) is 0 Å². The zero-order chi connectivity index (χ0) is 18.8. The van der Waals surface area contributed by atoms with E-state index in [0.717, 1.165) is 24.2 Å². The van der Waals surface area contributed by atoms with Crippen LogP contribution < -0.4 is 20.1 Å². The fourth-order valence-corrected chi connectivity index (χ4v) is 2.77. The summed E-state index contributed by atoms with van der Waals surface area (Å²) in [5.74, 6) is 1.30. The van der Waals surface area contributed by atoms with Crippen LogP contribution in [0.1, 0.15) is 16.7 Å². The molecule has 0 saturated heterocycles. The SMILES string of the molecule is COc1cc(CNCCNCCO)c(Cl)cc1OCc1cccc(C)c1. The number of ether oxygens (including phenoxy) is 2. The highest BCUT2D eigenvalue weighted by Gasteiger charge is 2.11. The summed E-state index contributed by atoms with van der Waals surface area (Å²) in [5.41, 5.74) is 3.25. The Bertz CT molecular complexity index is 695. The van der Waals surface area contributed by atoms with Gasteiger partial charge in [0, 0.05) is 37.3 Å². The Morgan fingerprint density at radius 3 is 2.58 bits per heavy atom. The van der Waals surface area contributed by atoms with Crippen molar-refractivity contribution < 1.29 is 14.6 Å². The maximum absolute atomic E-state index is 8.72. The molecule has 2 rings (SSSR count). The lowest BCUT2D eigenvalue weighted by molar-refractivity contribution is 0.284. The molecule has 0 saturated carbocycles. The third-order valence-corrected chi connectivity index (χ3v) is 4.24. The van der Waals surface area contributed by atoms with Crippen molar-refractivity contribution in [1.82, 2.24) is 10.6 Å². The Labute approximate surface area is 160 Å². The molecule has 6 heteroatoms. The van der Waals surface area contributed by atoms with Gasteiger partial charge in [-0.15, -0.1) is 0 Å². The third kappa shape index (κ3) is 6.50. The van der Waals surface area contributed by atoms with Crippen molar-refractivity contribution in [3.8, 4) is 11.5 Å². The van der Waals surface area contributed by atoms with Crippen molar-refractivity contribution in [3.05, 3.63) is 58.1 Å².